The molecule has 0 heterocycles. The molecule has 0 aromatic heterocycles. The van der Waals surface area contributed by atoms with Gasteiger partial charge in [-0.1, -0.05) is 18.2 Å². The lowest BCUT2D eigenvalue weighted by molar-refractivity contribution is 0.582. The zero-order valence-electron chi connectivity index (χ0n) is 10.8. The molecule has 0 fully saturated rings. The van der Waals surface area contributed by atoms with Crippen LogP contribution in [0.15, 0.2) is 41.3 Å². The van der Waals surface area contributed by atoms with Gasteiger partial charge in [-0.15, -0.1) is 11.8 Å². The summed E-state index contributed by atoms with van der Waals surface area (Å²) in [7, 11) is 0. The van der Waals surface area contributed by atoms with Crippen molar-refractivity contribution in [3.05, 3.63) is 59.2 Å². The van der Waals surface area contributed by atoms with E-state index in [0.29, 0.717) is 12.1 Å². The largest absolute Gasteiger partial charge is 0.376 e. The molecule has 0 radical (unpaired) electrons. The lowest BCUT2D eigenvalue weighted by atomic mass is 10.1. The number of aryl methyl sites for hydroxylation is 1. The van der Waals surface area contributed by atoms with Crippen LogP contribution in [0.2, 0.25) is 0 Å². The Balaban J connectivity index is 2.12. The molecule has 0 amide bonds. The van der Waals surface area contributed by atoms with Gasteiger partial charge < -0.3 is 5.32 Å². The maximum atomic E-state index is 13.8. The van der Waals surface area contributed by atoms with Gasteiger partial charge in [0.1, 0.15) is 11.5 Å². The van der Waals surface area contributed by atoms with Gasteiger partial charge in [0, 0.05) is 11.4 Å². The second-order valence-corrected chi connectivity index (χ2v) is 5.13. The van der Waals surface area contributed by atoms with E-state index in [1.165, 1.54) is 12.1 Å². The molecule has 1 nitrogen and oxygen atoms in total. The van der Waals surface area contributed by atoms with Gasteiger partial charge in [0.2, 0.25) is 0 Å². The van der Waals surface area contributed by atoms with Crippen LogP contribution in [-0.2, 0) is 6.54 Å². The van der Waals surface area contributed by atoms with E-state index < -0.39 is 11.6 Å². The van der Waals surface area contributed by atoms with Crippen LogP contribution in [0.25, 0.3) is 0 Å². The number of anilines is 1. The highest BCUT2D eigenvalue weighted by atomic mass is 32.2. The maximum Gasteiger partial charge on any atom is 0.152 e. The molecule has 2 rings (SSSR count). The highest BCUT2D eigenvalue weighted by Gasteiger charge is 2.10. The molecule has 0 unspecified atom stereocenters. The van der Waals surface area contributed by atoms with Crippen LogP contribution < -0.4 is 5.32 Å². The Labute approximate surface area is 116 Å². The van der Waals surface area contributed by atoms with Gasteiger partial charge in [0.05, 0.1) is 0 Å². The molecular formula is C15H15F2NS. The Kier molecular flexibility index (Phi) is 4.43. The number of halogens is 2. The SMILES string of the molecule is CSc1ccc(CNc2c(F)ccc(C)c2F)cc1. The molecule has 0 atom stereocenters. The molecule has 0 saturated carbocycles. The van der Waals surface area contributed by atoms with Gasteiger partial charge in [-0.2, -0.15) is 0 Å². The quantitative estimate of drug-likeness (QED) is 0.820. The summed E-state index contributed by atoms with van der Waals surface area (Å²) in [5.41, 5.74) is 1.36. The van der Waals surface area contributed by atoms with Crippen LogP contribution in [0.3, 0.4) is 0 Å². The Morgan fingerprint density at radius 3 is 2.37 bits per heavy atom. The van der Waals surface area contributed by atoms with E-state index in [-0.39, 0.29) is 5.69 Å². The number of rotatable bonds is 4. The molecule has 1 N–H and O–H groups in total. The van der Waals surface area contributed by atoms with Crippen molar-refractivity contribution in [2.45, 2.75) is 18.4 Å². The standard InChI is InChI=1S/C15H15F2NS/c1-10-3-8-13(16)15(14(10)17)18-9-11-4-6-12(19-2)7-5-11/h3-8,18H,9H2,1-2H3. The van der Waals surface area contributed by atoms with E-state index in [4.69, 9.17) is 0 Å². The lowest BCUT2D eigenvalue weighted by Gasteiger charge is -2.10. The number of benzene rings is 2. The minimum atomic E-state index is -0.566. The van der Waals surface area contributed by atoms with Crippen LogP contribution in [0.4, 0.5) is 14.5 Å². The molecule has 100 valence electrons. The van der Waals surface area contributed by atoms with Crippen molar-refractivity contribution >= 4 is 17.4 Å². The van der Waals surface area contributed by atoms with E-state index >= 15 is 0 Å². The molecule has 2 aromatic rings. The van der Waals surface area contributed by atoms with Gasteiger partial charge in [-0.05, 0) is 42.5 Å². The fourth-order valence-corrected chi connectivity index (χ4v) is 2.16. The van der Waals surface area contributed by atoms with E-state index in [2.05, 4.69) is 5.32 Å². The van der Waals surface area contributed by atoms with Gasteiger partial charge in [-0.25, -0.2) is 8.78 Å². The highest BCUT2D eigenvalue weighted by Crippen LogP contribution is 2.22. The van der Waals surface area contributed by atoms with Crippen LogP contribution in [-0.4, -0.2) is 6.26 Å². The Morgan fingerprint density at radius 2 is 1.74 bits per heavy atom. The average molecular weight is 279 g/mol. The molecule has 0 saturated heterocycles. The average Bonchev–Trinajstić information content (AvgIpc) is 2.44. The summed E-state index contributed by atoms with van der Waals surface area (Å²) in [6.45, 7) is 2.01. The predicted molar refractivity (Wildman–Crippen MR) is 76.6 cm³/mol. The molecular weight excluding hydrogens is 264 g/mol. The van der Waals surface area contributed by atoms with Gasteiger partial charge in [0.25, 0.3) is 0 Å². The fourth-order valence-electron chi connectivity index (χ4n) is 1.75. The molecule has 0 aliphatic rings. The molecule has 4 heteroatoms. The van der Waals surface area contributed by atoms with E-state index in [9.17, 15) is 8.78 Å². The van der Waals surface area contributed by atoms with Crippen LogP contribution in [0.1, 0.15) is 11.1 Å². The first-order valence-corrected chi connectivity index (χ1v) is 7.15. The van der Waals surface area contributed by atoms with E-state index in [1.807, 2.05) is 30.5 Å². The van der Waals surface area contributed by atoms with Crippen LogP contribution in [0.5, 0.6) is 0 Å². The summed E-state index contributed by atoms with van der Waals surface area (Å²) in [5.74, 6) is -1.09. The Morgan fingerprint density at radius 1 is 1.05 bits per heavy atom. The first kappa shape index (κ1) is 13.9. The summed E-state index contributed by atoms with van der Waals surface area (Å²) in [5, 5.41) is 2.82. The topological polar surface area (TPSA) is 12.0 Å². The monoisotopic (exact) mass is 279 g/mol. The summed E-state index contributed by atoms with van der Waals surface area (Å²) >= 11 is 1.66. The third-order valence-electron chi connectivity index (χ3n) is 2.91. The molecule has 0 spiro atoms. The van der Waals surface area contributed by atoms with Crippen molar-refractivity contribution in [2.75, 3.05) is 11.6 Å². The smallest absolute Gasteiger partial charge is 0.152 e. The third kappa shape index (κ3) is 3.26. The Hall–Kier alpha value is -1.55. The molecule has 19 heavy (non-hydrogen) atoms. The second kappa shape index (κ2) is 6.06. The van der Waals surface area contributed by atoms with Crippen molar-refractivity contribution in [1.29, 1.82) is 0 Å². The third-order valence-corrected chi connectivity index (χ3v) is 3.66. The van der Waals surface area contributed by atoms with Crippen molar-refractivity contribution in [3.8, 4) is 0 Å². The zero-order valence-corrected chi connectivity index (χ0v) is 11.7. The second-order valence-electron chi connectivity index (χ2n) is 4.25. The fraction of sp³-hybridized carbons (Fsp3) is 0.200. The Bertz CT molecular complexity index is 567. The normalized spacial score (nSPS) is 10.5. The van der Waals surface area contributed by atoms with Crippen molar-refractivity contribution in [1.82, 2.24) is 0 Å². The molecule has 2 aromatic carbocycles. The zero-order chi connectivity index (χ0) is 13.8. The molecule has 0 bridgehead atoms. The first-order valence-electron chi connectivity index (χ1n) is 5.93. The summed E-state index contributed by atoms with van der Waals surface area (Å²) < 4.78 is 27.3. The van der Waals surface area contributed by atoms with Crippen molar-refractivity contribution < 1.29 is 8.78 Å². The summed E-state index contributed by atoms with van der Waals surface area (Å²) in [4.78, 5) is 1.16. The minimum Gasteiger partial charge on any atom is -0.376 e. The highest BCUT2D eigenvalue weighted by molar-refractivity contribution is 7.98. The number of hydrogen-bond acceptors (Lipinski definition) is 2. The molecule has 0 aliphatic carbocycles. The summed E-state index contributed by atoms with van der Waals surface area (Å²) in [6, 6.07) is 10.6. The van der Waals surface area contributed by atoms with Crippen LogP contribution >= 0.6 is 11.8 Å². The minimum absolute atomic E-state index is 0.0612. The van der Waals surface area contributed by atoms with Crippen molar-refractivity contribution in [3.63, 3.8) is 0 Å². The van der Waals surface area contributed by atoms with Crippen molar-refractivity contribution in [2.24, 2.45) is 0 Å². The van der Waals surface area contributed by atoms with E-state index in [0.717, 1.165) is 10.5 Å². The van der Waals surface area contributed by atoms with E-state index in [1.54, 1.807) is 18.7 Å². The predicted octanol–water partition coefficient (Wildman–Crippen LogP) is 4.61. The van der Waals surface area contributed by atoms with Gasteiger partial charge >= 0.3 is 0 Å². The van der Waals surface area contributed by atoms with Crippen LogP contribution in [0, 0.1) is 18.6 Å². The number of thioether (sulfide) groups is 1. The lowest BCUT2D eigenvalue weighted by Crippen LogP contribution is -2.04. The number of hydrogen-bond donors (Lipinski definition) is 1. The maximum absolute atomic E-state index is 13.8. The molecule has 0 aliphatic heterocycles. The summed E-state index contributed by atoms with van der Waals surface area (Å²) in [6.07, 6.45) is 2.00. The first-order chi connectivity index (χ1) is 9.11. The van der Waals surface area contributed by atoms with Gasteiger partial charge in [-0.3, -0.25) is 0 Å². The van der Waals surface area contributed by atoms with Gasteiger partial charge in [0.15, 0.2) is 5.82 Å². The number of nitrogens with one attached hydrogen (secondary N) is 1.